The molecule has 0 aliphatic carbocycles. The van der Waals surface area contributed by atoms with Crippen LogP contribution < -0.4 is 10.4 Å². The van der Waals surface area contributed by atoms with Crippen LogP contribution in [0.2, 0.25) is 0 Å². The topological polar surface area (TPSA) is 26.3 Å². The molecule has 0 aliphatic heterocycles. The first-order valence-electron chi connectivity index (χ1n) is 7.56. The highest BCUT2D eigenvalue weighted by Gasteiger charge is 2.19. The largest absolute Gasteiger partial charge is 0.462 e. The molecule has 22 heavy (non-hydrogen) atoms. The Bertz CT molecular complexity index is 705. The van der Waals surface area contributed by atoms with Crippen LogP contribution in [0, 0.1) is 27.7 Å². The maximum Gasteiger partial charge on any atom is 0.338 e. The van der Waals surface area contributed by atoms with Crippen LogP contribution in [0.15, 0.2) is 30.3 Å². The van der Waals surface area contributed by atoms with E-state index in [0.29, 0.717) is 16.1 Å². The SMILES string of the molecule is CCOC(=O)c1c(C)ccc(C)c1[Si]c1cccc(C)c1C. The second-order valence-corrected chi connectivity index (χ2v) is 6.83. The van der Waals surface area contributed by atoms with E-state index in [1.807, 2.05) is 19.9 Å². The van der Waals surface area contributed by atoms with Crippen molar-refractivity contribution in [2.75, 3.05) is 6.61 Å². The van der Waals surface area contributed by atoms with Crippen molar-refractivity contribution in [3.05, 3.63) is 58.1 Å². The number of benzene rings is 2. The summed E-state index contributed by atoms with van der Waals surface area (Å²) in [6, 6.07) is 10.4. The van der Waals surface area contributed by atoms with E-state index in [4.69, 9.17) is 4.74 Å². The first kappa shape index (κ1) is 16.5. The number of carbonyl (C=O) groups excluding carboxylic acids is 1. The summed E-state index contributed by atoms with van der Waals surface area (Å²) in [5.41, 5.74) is 5.45. The van der Waals surface area contributed by atoms with Crippen molar-refractivity contribution in [2.24, 2.45) is 0 Å². The average molecular weight is 310 g/mol. The first-order valence-corrected chi connectivity index (χ1v) is 8.56. The lowest BCUT2D eigenvalue weighted by atomic mass is 10.1. The van der Waals surface area contributed by atoms with E-state index in [1.54, 1.807) is 0 Å². The second kappa shape index (κ2) is 6.92. The minimum atomic E-state index is -0.212. The van der Waals surface area contributed by atoms with Crippen molar-refractivity contribution in [3.63, 3.8) is 0 Å². The van der Waals surface area contributed by atoms with Gasteiger partial charge < -0.3 is 4.74 Å². The summed E-state index contributed by atoms with van der Waals surface area (Å²) in [6.45, 7) is 10.6. The Labute approximate surface area is 135 Å². The van der Waals surface area contributed by atoms with E-state index >= 15 is 0 Å². The first-order chi connectivity index (χ1) is 10.5. The molecule has 0 fully saturated rings. The highest BCUT2D eigenvalue weighted by molar-refractivity contribution is 6.69. The Hall–Kier alpha value is -1.87. The van der Waals surface area contributed by atoms with Gasteiger partial charge in [-0.1, -0.05) is 41.1 Å². The third-order valence-corrected chi connectivity index (χ3v) is 5.67. The summed E-state index contributed by atoms with van der Waals surface area (Å²) in [4.78, 5) is 12.4. The van der Waals surface area contributed by atoms with Gasteiger partial charge in [-0.25, -0.2) is 4.79 Å². The molecular weight excluding hydrogens is 288 g/mol. The van der Waals surface area contributed by atoms with Gasteiger partial charge in [0.1, 0.15) is 9.52 Å². The van der Waals surface area contributed by atoms with Gasteiger partial charge in [-0.05, 0) is 56.5 Å². The monoisotopic (exact) mass is 310 g/mol. The molecule has 2 aromatic carbocycles. The molecule has 2 radical (unpaired) electrons. The molecule has 2 rings (SSSR count). The van der Waals surface area contributed by atoms with Gasteiger partial charge in [0.2, 0.25) is 0 Å². The number of aryl methyl sites for hydroxylation is 3. The predicted molar refractivity (Wildman–Crippen MR) is 92.8 cm³/mol. The standard InChI is InChI=1S/C19H22O2Si/c1-6-21-19(20)17-13(3)10-11-14(4)18(17)22-16-9-7-8-12(2)15(16)5/h7-11H,6H2,1-5H3. The van der Waals surface area contributed by atoms with Crippen molar-refractivity contribution in [3.8, 4) is 0 Å². The normalized spacial score (nSPS) is 10.6. The van der Waals surface area contributed by atoms with Crippen molar-refractivity contribution in [1.82, 2.24) is 0 Å². The third-order valence-electron chi connectivity index (χ3n) is 3.97. The zero-order valence-electron chi connectivity index (χ0n) is 13.9. The Morgan fingerprint density at radius 1 is 1.00 bits per heavy atom. The maximum atomic E-state index is 12.4. The molecule has 114 valence electrons. The van der Waals surface area contributed by atoms with E-state index in [9.17, 15) is 4.79 Å². The van der Waals surface area contributed by atoms with Crippen LogP contribution >= 0.6 is 0 Å². The zero-order valence-corrected chi connectivity index (χ0v) is 14.9. The van der Waals surface area contributed by atoms with Crippen molar-refractivity contribution in [1.29, 1.82) is 0 Å². The lowest BCUT2D eigenvalue weighted by molar-refractivity contribution is 0.0527. The van der Waals surface area contributed by atoms with E-state index < -0.39 is 0 Å². The Kier molecular flexibility index (Phi) is 5.19. The summed E-state index contributed by atoms with van der Waals surface area (Å²) < 4.78 is 5.26. The van der Waals surface area contributed by atoms with Crippen LogP contribution in [0.5, 0.6) is 0 Å². The summed E-state index contributed by atoms with van der Waals surface area (Å²) in [5, 5.41) is 2.39. The van der Waals surface area contributed by atoms with Crippen LogP contribution in [0.4, 0.5) is 0 Å². The van der Waals surface area contributed by atoms with Gasteiger partial charge in [-0.2, -0.15) is 0 Å². The van der Waals surface area contributed by atoms with Crippen molar-refractivity contribution in [2.45, 2.75) is 34.6 Å². The minimum absolute atomic E-state index is 0.212. The third kappa shape index (κ3) is 3.30. The molecule has 0 heterocycles. The van der Waals surface area contributed by atoms with Crippen LogP contribution in [0.1, 0.15) is 39.5 Å². The lowest BCUT2D eigenvalue weighted by Gasteiger charge is -2.15. The molecule has 0 atom stereocenters. The fraction of sp³-hybridized carbons (Fsp3) is 0.316. The number of rotatable bonds is 4. The summed E-state index contributed by atoms with van der Waals surface area (Å²) >= 11 is 0. The average Bonchev–Trinajstić information content (AvgIpc) is 2.48. The summed E-state index contributed by atoms with van der Waals surface area (Å²) in [5.74, 6) is -0.212. The molecule has 0 N–H and O–H groups in total. The number of carbonyl (C=O) groups is 1. The Balaban J connectivity index is 2.52. The zero-order chi connectivity index (χ0) is 16.3. The summed E-state index contributed by atoms with van der Waals surface area (Å²) in [6.07, 6.45) is 0. The second-order valence-electron chi connectivity index (χ2n) is 5.54. The summed E-state index contributed by atoms with van der Waals surface area (Å²) in [7, 11) is 0.462. The molecule has 0 saturated heterocycles. The van der Waals surface area contributed by atoms with Gasteiger partial charge in [0.05, 0.1) is 12.2 Å². The fourth-order valence-corrected chi connectivity index (χ4v) is 4.00. The number of hydrogen-bond acceptors (Lipinski definition) is 2. The van der Waals surface area contributed by atoms with Gasteiger partial charge in [0.15, 0.2) is 0 Å². The molecule has 2 nitrogen and oxygen atoms in total. The van der Waals surface area contributed by atoms with Gasteiger partial charge in [-0.3, -0.25) is 0 Å². The molecule has 0 saturated carbocycles. The number of hydrogen-bond donors (Lipinski definition) is 0. The lowest BCUT2D eigenvalue weighted by Crippen LogP contribution is -2.36. The Morgan fingerprint density at radius 3 is 2.36 bits per heavy atom. The molecule has 0 aromatic heterocycles. The van der Waals surface area contributed by atoms with E-state index in [1.165, 1.54) is 16.3 Å². The van der Waals surface area contributed by atoms with Crippen molar-refractivity contribution >= 4 is 25.9 Å². The predicted octanol–water partition coefficient (Wildman–Crippen LogP) is 2.75. The van der Waals surface area contributed by atoms with Gasteiger partial charge in [-0.15, -0.1) is 0 Å². The number of ether oxygens (including phenoxy) is 1. The van der Waals surface area contributed by atoms with Gasteiger partial charge >= 0.3 is 5.97 Å². The fourth-order valence-electron chi connectivity index (χ4n) is 2.46. The molecule has 0 bridgehead atoms. The highest BCUT2D eigenvalue weighted by Crippen LogP contribution is 2.11. The molecule has 0 aliphatic rings. The minimum Gasteiger partial charge on any atom is -0.462 e. The number of esters is 1. The quantitative estimate of drug-likeness (QED) is 0.641. The highest BCUT2D eigenvalue weighted by atomic mass is 28.2. The van der Waals surface area contributed by atoms with Gasteiger partial charge in [0, 0.05) is 0 Å². The van der Waals surface area contributed by atoms with E-state index in [0.717, 1.165) is 21.9 Å². The van der Waals surface area contributed by atoms with Crippen molar-refractivity contribution < 1.29 is 9.53 Å². The van der Waals surface area contributed by atoms with Crippen LogP contribution in [-0.4, -0.2) is 22.1 Å². The Morgan fingerprint density at radius 2 is 1.68 bits per heavy atom. The molecule has 2 aromatic rings. The molecule has 3 heteroatoms. The molecular formula is C19H22O2Si. The maximum absolute atomic E-state index is 12.4. The smallest absolute Gasteiger partial charge is 0.338 e. The van der Waals surface area contributed by atoms with E-state index in [-0.39, 0.29) is 5.97 Å². The van der Waals surface area contributed by atoms with Crippen LogP contribution in [0.25, 0.3) is 0 Å². The molecule has 0 amide bonds. The van der Waals surface area contributed by atoms with Crippen LogP contribution in [0.3, 0.4) is 0 Å². The molecule has 0 unspecified atom stereocenters. The molecule has 0 spiro atoms. The van der Waals surface area contributed by atoms with Gasteiger partial charge in [0.25, 0.3) is 0 Å². The van der Waals surface area contributed by atoms with Crippen LogP contribution in [-0.2, 0) is 4.74 Å². The van der Waals surface area contributed by atoms with E-state index in [2.05, 4.69) is 45.0 Å².